The first-order chi connectivity index (χ1) is 9.05. The summed E-state index contributed by atoms with van der Waals surface area (Å²) in [6.07, 6.45) is 0. The van der Waals surface area contributed by atoms with Crippen LogP contribution in [0.2, 0.25) is 0 Å². The van der Waals surface area contributed by atoms with Gasteiger partial charge in [0.25, 0.3) is 0 Å². The Morgan fingerprint density at radius 1 is 0.947 bits per heavy atom. The second-order valence-electron chi connectivity index (χ2n) is 5.05. The molecule has 0 heterocycles. The number of carbonyl (C=O) groups is 1. The lowest BCUT2D eigenvalue weighted by Crippen LogP contribution is -2.29. The Labute approximate surface area is 114 Å². The second-order valence-corrected chi connectivity index (χ2v) is 5.05. The van der Waals surface area contributed by atoms with Crippen LogP contribution in [0.3, 0.4) is 0 Å². The van der Waals surface area contributed by atoms with E-state index in [2.05, 4.69) is 0 Å². The van der Waals surface area contributed by atoms with Gasteiger partial charge in [0, 0.05) is 5.56 Å². The summed E-state index contributed by atoms with van der Waals surface area (Å²) in [4.78, 5) is 12.6. The number of hydrogen-bond acceptors (Lipinski definition) is 2. The van der Waals surface area contributed by atoms with Crippen LogP contribution < -0.4 is 4.74 Å². The van der Waals surface area contributed by atoms with E-state index in [1.165, 1.54) is 0 Å². The summed E-state index contributed by atoms with van der Waals surface area (Å²) in [6.45, 7) is 3.91. The summed E-state index contributed by atoms with van der Waals surface area (Å²) in [6, 6.07) is 17.1. The summed E-state index contributed by atoms with van der Waals surface area (Å²) in [5.74, 6) is 0.871. The number of benzene rings is 2. The molecule has 0 atom stereocenters. The van der Waals surface area contributed by atoms with Gasteiger partial charge in [0.2, 0.25) is 0 Å². The first kappa shape index (κ1) is 13.3. The molecule has 0 amide bonds. The molecule has 0 aliphatic heterocycles. The number of hydrogen-bond donors (Lipinski definition) is 0. The molecule has 0 N–H and O–H groups in total. The molecule has 0 saturated heterocycles. The third-order valence-electron chi connectivity index (χ3n) is 3.42. The highest BCUT2D eigenvalue weighted by atomic mass is 16.5. The van der Waals surface area contributed by atoms with Gasteiger partial charge in [0.1, 0.15) is 5.75 Å². The van der Waals surface area contributed by atoms with Crippen molar-refractivity contribution in [2.45, 2.75) is 19.3 Å². The highest BCUT2D eigenvalue weighted by Gasteiger charge is 2.30. The van der Waals surface area contributed by atoms with Gasteiger partial charge in [-0.3, -0.25) is 4.79 Å². The van der Waals surface area contributed by atoms with Crippen molar-refractivity contribution in [3.63, 3.8) is 0 Å². The fraction of sp³-hybridized carbons (Fsp3) is 0.235. The Morgan fingerprint density at radius 3 is 2.05 bits per heavy atom. The van der Waals surface area contributed by atoms with Crippen molar-refractivity contribution < 1.29 is 9.53 Å². The normalized spacial score (nSPS) is 11.1. The lowest BCUT2D eigenvalue weighted by molar-refractivity contribution is 0.0908. The van der Waals surface area contributed by atoms with Crippen molar-refractivity contribution in [3.8, 4) is 5.75 Å². The van der Waals surface area contributed by atoms with Gasteiger partial charge in [-0.2, -0.15) is 0 Å². The van der Waals surface area contributed by atoms with Crippen LogP contribution in [-0.4, -0.2) is 12.9 Å². The largest absolute Gasteiger partial charge is 0.497 e. The van der Waals surface area contributed by atoms with E-state index in [0.29, 0.717) is 5.56 Å². The Kier molecular flexibility index (Phi) is 3.70. The first-order valence-electron chi connectivity index (χ1n) is 6.30. The summed E-state index contributed by atoms with van der Waals surface area (Å²) in [7, 11) is 1.62. The molecule has 98 valence electrons. The molecule has 0 saturated carbocycles. The molecule has 0 aliphatic rings. The molecule has 0 spiro atoms. The molecule has 0 fully saturated rings. The van der Waals surface area contributed by atoms with Crippen LogP contribution in [0.4, 0.5) is 0 Å². The average Bonchev–Trinajstić information content (AvgIpc) is 2.47. The topological polar surface area (TPSA) is 26.3 Å². The van der Waals surface area contributed by atoms with Crippen LogP contribution >= 0.6 is 0 Å². The third kappa shape index (κ3) is 2.68. The van der Waals surface area contributed by atoms with Crippen molar-refractivity contribution in [1.82, 2.24) is 0 Å². The van der Waals surface area contributed by atoms with E-state index in [9.17, 15) is 4.79 Å². The van der Waals surface area contributed by atoms with Crippen LogP contribution in [0.15, 0.2) is 54.6 Å². The van der Waals surface area contributed by atoms with Gasteiger partial charge in [-0.05, 0) is 43.7 Å². The minimum absolute atomic E-state index is 0.112. The summed E-state index contributed by atoms with van der Waals surface area (Å²) >= 11 is 0. The number of ether oxygens (including phenoxy) is 1. The van der Waals surface area contributed by atoms with Gasteiger partial charge in [-0.15, -0.1) is 0 Å². The maximum Gasteiger partial charge on any atom is 0.172 e. The van der Waals surface area contributed by atoms with Crippen molar-refractivity contribution >= 4 is 5.78 Å². The molecule has 0 radical (unpaired) electrons. The smallest absolute Gasteiger partial charge is 0.172 e. The Hall–Kier alpha value is -2.09. The van der Waals surface area contributed by atoms with Gasteiger partial charge in [-0.25, -0.2) is 0 Å². The molecule has 2 aromatic rings. The molecular formula is C17H18O2. The van der Waals surface area contributed by atoms with Crippen LogP contribution in [0.5, 0.6) is 5.75 Å². The number of Topliss-reactive ketones (excluding diaryl/α,β-unsaturated/α-hetero) is 1. The minimum atomic E-state index is -0.532. The molecule has 0 aromatic heterocycles. The van der Waals surface area contributed by atoms with Gasteiger partial charge in [0.15, 0.2) is 5.78 Å². The van der Waals surface area contributed by atoms with E-state index in [4.69, 9.17) is 4.74 Å². The van der Waals surface area contributed by atoms with Gasteiger partial charge in [0.05, 0.1) is 12.5 Å². The van der Waals surface area contributed by atoms with Gasteiger partial charge in [-0.1, -0.05) is 30.3 Å². The zero-order chi connectivity index (χ0) is 13.9. The van der Waals surface area contributed by atoms with Crippen molar-refractivity contribution in [1.29, 1.82) is 0 Å². The first-order valence-corrected chi connectivity index (χ1v) is 6.30. The maximum absolute atomic E-state index is 12.6. The quantitative estimate of drug-likeness (QED) is 0.774. The van der Waals surface area contributed by atoms with Crippen molar-refractivity contribution in [2.24, 2.45) is 0 Å². The van der Waals surface area contributed by atoms with Crippen LogP contribution in [0, 0.1) is 0 Å². The number of ketones is 1. The van der Waals surface area contributed by atoms with E-state index in [0.717, 1.165) is 11.3 Å². The lowest BCUT2D eigenvalue weighted by Gasteiger charge is -2.23. The fourth-order valence-corrected chi connectivity index (χ4v) is 2.09. The standard InChI is InChI=1S/C17H18O2/c1-17(2,14-7-5-4-6-8-14)16(18)13-9-11-15(19-3)12-10-13/h4-12H,1-3H3. The number of carbonyl (C=O) groups excluding carboxylic acids is 1. The second kappa shape index (κ2) is 5.27. The Morgan fingerprint density at radius 2 is 1.53 bits per heavy atom. The van der Waals surface area contributed by atoms with E-state index < -0.39 is 5.41 Å². The fourth-order valence-electron chi connectivity index (χ4n) is 2.09. The van der Waals surface area contributed by atoms with E-state index >= 15 is 0 Å². The Balaban J connectivity index is 2.32. The lowest BCUT2D eigenvalue weighted by atomic mass is 9.78. The summed E-state index contributed by atoms with van der Waals surface area (Å²) in [5, 5.41) is 0. The number of rotatable bonds is 4. The molecule has 0 unspecified atom stereocenters. The molecule has 0 aliphatic carbocycles. The number of methoxy groups -OCH3 is 1. The van der Waals surface area contributed by atoms with E-state index in [-0.39, 0.29) is 5.78 Å². The summed E-state index contributed by atoms with van der Waals surface area (Å²) in [5.41, 5.74) is 1.20. The molecule has 19 heavy (non-hydrogen) atoms. The predicted octanol–water partition coefficient (Wildman–Crippen LogP) is 3.86. The monoisotopic (exact) mass is 254 g/mol. The third-order valence-corrected chi connectivity index (χ3v) is 3.42. The highest BCUT2D eigenvalue weighted by molar-refractivity contribution is 6.03. The van der Waals surface area contributed by atoms with Crippen LogP contribution in [-0.2, 0) is 5.41 Å². The molecule has 2 rings (SSSR count). The SMILES string of the molecule is COc1ccc(C(=O)C(C)(C)c2ccccc2)cc1. The van der Waals surface area contributed by atoms with Crippen LogP contribution in [0.1, 0.15) is 29.8 Å². The van der Waals surface area contributed by atoms with Gasteiger partial charge < -0.3 is 4.74 Å². The molecular weight excluding hydrogens is 236 g/mol. The van der Waals surface area contributed by atoms with Crippen molar-refractivity contribution in [3.05, 3.63) is 65.7 Å². The van der Waals surface area contributed by atoms with Crippen molar-refractivity contribution in [2.75, 3.05) is 7.11 Å². The highest BCUT2D eigenvalue weighted by Crippen LogP contribution is 2.28. The predicted molar refractivity (Wildman–Crippen MR) is 76.8 cm³/mol. The maximum atomic E-state index is 12.6. The van der Waals surface area contributed by atoms with Gasteiger partial charge >= 0.3 is 0 Å². The zero-order valence-corrected chi connectivity index (χ0v) is 11.5. The van der Waals surface area contributed by atoms with E-state index in [1.54, 1.807) is 7.11 Å². The zero-order valence-electron chi connectivity index (χ0n) is 11.5. The van der Waals surface area contributed by atoms with Crippen LogP contribution in [0.25, 0.3) is 0 Å². The minimum Gasteiger partial charge on any atom is -0.497 e. The average molecular weight is 254 g/mol. The Bertz CT molecular complexity index is 554. The molecule has 2 nitrogen and oxygen atoms in total. The molecule has 2 heteroatoms. The van der Waals surface area contributed by atoms with E-state index in [1.807, 2.05) is 68.4 Å². The summed E-state index contributed by atoms with van der Waals surface area (Å²) < 4.78 is 5.11. The molecule has 2 aromatic carbocycles. The molecule has 0 bridgehead atoms.